The van der Waals surface area contributed by atoms with E-state index >= 15 is 0 Å². The predicted molar refractivity (Wildman–Crippen MR) is 68.1 cm³/mol. The van der Waals surface area contributed by atoms with Gasteiger partial charge in [0.25, 0.3) is 5.91 Å². The Hall–Kier alpha value is -1.73. The minimum absolute atomic E-state index is 0.0747. The molecule has 1 aromatic rings. The van der Waals surface area contributed by atoms with Gasteiger partial charge in [-0.15, -0.1) is 0 Å². The van der Waals surface area contributed by atoms with Crippen LogP contribution in [0.25, 0.3) is 0 Å². The molecule has 1 atom stereocenters. The molecule has 0 spiro atoms. The van der Waals surface area contributed by atoms with Crippen LogP contribution in [0, 0.1) is 0 Å². The number of amides is 2. The summed E-state index contributed by atoms with van der Waals surface area (Å²) in [6.07, 6.45) is -0.507. The van der Waals surface area contributed by atoms with Gasteiger partial charge in [0.1, 0.15) is 16.9 Å². The van der Waals surface area contributed by atoms with Gasteiger partial charge < -0.3 is 20.7 Å². The van der Waals surface area contributed by atoms with Crippen molar-refractivity contribution in [2.24, 2.45) is 12.8 Å². The van der Waals surface area contributed by atoms with Crippen molar-refractivity contribution in [2.45, 2.75) is 12.5 Å². The first kappa shape index (κ1) is 15.3. The molecule has 0 fully saturated rings. The lowest BCUT2D eigenvalue weighted by molar-refractivity contribution is -0.140. The number of carbonyl (C=O) groups is 3. The normalized spacial score (nSPS) is 11.9. The van der Waals surface area contributed by atoms with Crippen molar-refractivity contribution in [1.29, 1.82) is 0 Å². The lowest BCUT2D eigenvalue weighted by atomic mass is 10.2. The molecular weight excluding hydrogens is 297 g/mol. The van der Waals surface area contributed by atoms with Gasteiger partial charge in [0.15, 0.2) is 0 Å². The van der Waals surface area contributed by atoms with Crippen LogP contribution in [0.15, 0.2) is 6.07 Å². The van der Waals surface area contributed by atoms with E-state index < -0.39 is 30.2 Å². The zero-order valence-electron chi connectivity index (χ0n) is 9.81. The molecule has 7 nitrogen and oxygen atoms in total. The molecule has 0 radical (unpaired) electrons. The van der Waals surface area contributed by atoms with Crippen molar-refractivity contribution in [1.82, 2.24) is 9.88 Å². The van der Waals surface area contributed by atoms with E-state index in [0.717, 1.165) is 0 Å². The molecule has 1 rings (SSSR count). The summed E-state index contributed by atoms with van der Waals surface area (Å²) in [5, 5.41) is 11.3. The van der Waals surface area contributed by atoms with E-state index in [0.29, 0.717) is 0 Å². The zero-order chi connectivity index (χ0) is 14.7. The molecule has 1 aromatic heterocycles. The standard InChI is InChI=1S/C10H11Cl2N3O4/c1-15-6(2-4(11)8(15)12)9(17)14-5(10(18)19)3-7(13)16/h2,5H,3H2,1H3,(H2,13,16)(H,14,17)(H,18,19). The molecule has 4 N–H and O–H groups in total. The first-order valence-corrected chi connectivity index (χ1v) is 5.82. The second-order valence-electron chi connectivity index (χ2n) is 3.76. The van der Waals surface area contributed by atoms with Gasteiger partial charge in [-0.2, -0.15) is 0 Å². The lowest BCUT2D eigenvalue weighted by Crippen LogP contribution is -2.43. The minimum atomic E-state index is -1.41. The Morgan fingerprint density at radius 1 is 1.47 bits per heavy atom. The maximum Gasteiger partial charge on any atom is 0.326 e. The molecule has 0 aliphatic rings. The number of hydrogen-bond donors (Lipinski definition) is 3. The molecule has 104 valence electrons. The molecular formula is C10H11Cl2N3O4. The number of nitrogens with one attached hydrogen (secondary N) is 1. The van der Waals surface area contributed by atoms with Gasteiger partial charge in [0.05, 0.1) is 11.4 Å². The molecule has 0 aliphatic heterocycles. The number of carbonyl (C=O) groups excluding carboxylic acids is 2. The van der Waals surface area contributed by atoms with Crippen LogP contribution in [0.2, 0.25) is 10.2 Å². The summed E-state index contributed by atoms with van der Waals surface area (Å²) in [7, 11) is 1.49. The summed E-state index contributed by atoms with van der Waals surface area (Å²) < 4.78 is 1.29. The van der Waals surface area contributed by atoms with Crippen molar-refractivity contribution < 1.29 is 19.5 Å². The fraction of sp³-hybridized carbons (Fsp3) is 0.300. The quantitative estimate of drug-likeness (QED) is 0.730. The van der Waals surface area contributed by atoms with Crippen molar-refractivity contribution in [2.75, 3.05) is 0 Å². The average molecular weight is 308 g/mol. The highest BCUT2D eigenvalue weighted by atomic mass is 35.5. The van der Waals surface area contributed by atoms with Crippen LogP contribution in [0.4, 0.5) is 0 Å². The summed E-state index contributed by atoms with van der Waals surface area (Å²) in [6.45, 7) is 0. The summed E-state index contributed by atoms with van der Waals surface area (Å²) in [4.78, 5) is 33.5. The Morgan fingerprint density at radius 2 is 2.05 bits per heavy atom. The van der Waals surface area contributed by atoms with Crippen LogP contribution in [-0.2, 0) is 16.6 Å². The van der Waals surface area contributed by atoms with E-state index in [1.54, 1.807) is 0 Å². The van der Waals surface area contributed by atoms with Crippen molar-refractivity contribution in [3.63, 3.8) is 0 Å². The molecule has 1 heterocycles. The number of primary amides is 1. The molecule has 0 saturated heterocycles. The molecule has 0 saturated carbocycles. The highest BCUT2D eigenvalue weighted by Crippen LogP contribution is 2.25. The Bertz CT molecular complexity index is 541. The Balaban J connectivity index is 2.91. The zero-order valence-corrected chi connectivity index (χ0v) is 11.3. The van der Waals surface area contributed by atoms with Crippen LogP contribution in [0.5, 0.6) is 0 Å². The Labute approximate surface area is 118 Å². The van der Waals surface area contributed by atoms with Gasteiger partial charge in [0, 0.05) is 7.05 Å². The third kappa shape index (κ3) is 3.62. The number of aromatic nitrogens is 1. The molecule has 19 heavy (non-hydrogen) atoms. The number of hydrogen-bond acceptors (Lipinski definition) is 3. The van der Waals surface area contributed by atoms with Gasteiger partial charge in [-0.25, -0.2) is 4.79 Å². The van der Waals surface area contributed by atoms with Crippen LogP contribution in [-0.4, -0.2) is 33.5 Å². The summed E-state index contributed by atoms with van der Waals surface area (Å²) in [5.74, 6) is -2.92. The molecule has 0 bridgehead atoms. The fourth-order valence-corrected chi connectivity index (χ4v) is 1.77. The van der Waals surface area contributed by atoms with Crippen molar-refractivity contribution in [3.8, 4) is 0 Å². The van der Waals surface area contributed by atoms with E-state index in [9.17, 15) is 14.4 Å². The highest BCUT2D eigenvalue weighted by Gasteiger charge is 2.24. The average Bonchev–Trinajstić information content (AvgIpc) is 2.55. The minimum Gasteiger partial charge on any atom is -0.480 e. The topological polar surface area (TPSA) is 114 Å². The van der Waals surface area contributed by atoms with Gasteiger partial charge >= 0.3 is 5.97 Å². The van der Waals surface area contributed by atoms with Crippen LogP contribution < -0.4 is 11.1 Å². The van der Waals surface area contributed by atoms with E-state index in [1.165, 1.54) is 17.7 Å². The summed E-state index contributed by atoms with van der Waals surface area (Å²) >= 11 is 11.5. The lowest BCUT2D eigenvalue weighted by Gasteiger charge is -2.13. The summed E-state index contributed by atoms with van der Waals surface area (Å²) in [5.41, 5.74) is 4.98. The second-order valence-corrected chi connectivity index (χ2v) is 4.53. The molecule has 9 heteroatoms. The second kappa shape index (κ2) is 5.94. The smallest absolute Gasteiger partial charge is 0.326 e. The SMILES string of the molecule is Cn1c(C(=O)NC(CC(N)=O)C(=O)O)cc(Cl)c1Cl. The summed E-state index contributed by atoms with van der Waals surface area (Å²) in [6, 6.07) is -0.111. The Kier molecular flexibility index (Phi) is 4.79. The number of nitrogens with two attached hydrogens (primary N) is 1. The number of aliphatic carboxylic acids is 1. The van der Waals surface area contributed by atoms with E-state index in [-0.39, 0.29) is 15.9 Å². The molecule has 1 unspecified atom stereocenters. The maximum atomic E-state index is 11.9. The molecule has 2 amide bonds. The van der Waals surface area contributed by atoms with Gasteiger partial charge in [-0.3, -0.25) is 9.59 Å². The van der Waals surface area contributed by atoms with Crippen molar-refractivity contribution in [3.05, 3.63) is 21.9 Å². The van der Waals surface area contributed by atoms with Crippen LogP contribution in [0.1, 0.15) is 16.9 Å². The molecule has 0 aliphatic carbocycles. The van der Waals surface area contributed by atoms with Crippen LogP contribution >= 0.6 is 23.2 Å². The van der Waals surface area contributed by atoms with E-state index in [4.69, 9.17) is 34.0 Å². The Morgan fingerprint density at radius 3 is 2.42 bits per heavy atom. The van der Waals surface area contributed by atoms with Gasteiger partial charge in [-0.1, -0.05) is 23.2 Å². The van der Waals surface area contributed by atoms with E-state index in [1.807, 2.05) is 0 Å². The largest absolute Gasteiger partial charge is 0.480 e. The number of carboxylic acids is 1. The van der Waals surface area contributed by atoms with Gasteiger partial charge in [-0.05, 0) is 6.07 Å². The predicted octanol–water partition coefficient (Wildman–Crippen LogP) is 0.390. The molecule has 0 aromatic carbocycles. The number of rotatable bonds is 5. The van der Waals surface area contributed by atoms with Gasteiger partial charge in [0.2, 0.25) is 5.91 Å². The maximum absolute atomic E-state index is 11.9. The third-order valence-electron chi connectivity index (χ3n) is 2.36. The van der Waals surface area contributed by atoms with Crippen LogP contribution in [0.3, 0.4) is 0 Å². The first-order chi connectivity index (χ1) is 8.73. The fourth-order valence-electron chi connectivity index (χ4n) is 1.39. The monoisotopic (exact) mass is 307 g/mol. The van der Waals surface area contributed by atoms with E-state index in [2.05, 4.69) is 5.32 Å². The number of halogens is 2. The third-order valence-corrected chi connectivity index (χ3v) is 3.20. The number of carboxylic acid groups (broad SMARTS) is 1. The highest BCUT2D eigenvalue weighted by molar-refractivity contribution is 6.41. The first-order valence-electron chi connectivity index (χ1n) is 5.06. The van der Waals surface area contributed by atoms with Crippen molar-refractivity contribution >= 4 is 41.0 Å². The number of nitrogens with zero attached hydrogens (tertiary/aromatic N) is 1.